The molecule has 0 unspecified atom stereocenters. The van der Waals surface area contributed by atoms with Crippen LogP contribution in [0.1, 0.15) is 68.9 Å². The van der Waals surface area contributed by atoms with Crippen LogP contribution in [-0.4, -0.2) is 31.0 Å². The summed E-state index contributed by atoms with van der Waals surface area (Å²) in [7, 11) is -3.44. The van der Waals surface area contributed by atoms with Gasteiger partial charge in [0.2, 0.25) is 0 Å². The van der Waals surface area contributed by atoms with Gasteiger partial charge in [-0.1, -0.05) is 55.5 Å². The maximum absolute atomic E-state index is 13.2. The van der Waals surface area contributed by atoms with E-state index in [1.165, 1.54) is 12.1 Å². The Morgan fingerprint density at radius 2 is 1.45 bits per heavy atom. The van der Waals surface area contributed by atoms with Gasteiger partial charge in [-0.15, -0.1) is 0 Å². The van der Waals surface area contributed by atoms with Gasteiger partial charge >= 0.3 is 5.97 Å². The Morgan fingerprint density at radius 3 is 2.02 bits per heavy atom. The van der Waals surface area contributed by atoms with Crippen LogP contribution in [0.2, 0.25) is 0 Å². The standard InChI is InChI=1S/C33H37FO5S/c1-23(26-13-17-30(34)18-14-26)21-32(35)29-11-7-25(8-12-29)22-40(38,39)31-19-15-28(16-20-31)27-9-5-24(6-10-27)3-2-4-33(36)37/h5-6,9-10,13-20,23,25,29H,2-4,7-8,11-12,21-22H2,1H3,(H,36,37)/t23-,25?,29?/m0/s1. The molecule has 0 radical (unpaired) electrons. The molecule has 0 aliphatic heterocycles. The average Bonchev–Trinajstić information content (AvgIpc) is 2.94. The molecule has 0 saturated heterocycles. The highest BCUT2D eigenvalue weighted by Gasteiger charge is 2.30. The average molecular weight is 565 g/mol. The molecule has 3 aromatic carbocycles. The lowest BCUT2D eigenvalue weighted by molar-refractivity contribution is -0.137. The van der Waals surface area contributed by atoms with Crippen LogP contribution < -0.4 is 0 Å². The zero-order valence-electron chi connectivity index (χ0n) is 22.9. The number of hydrogen-bond acceptors (Lipinski definition) is 4. The molecule has 4 rings (SSSR count). The molecule has 0 amide bonds. The molecule has 0 aromatic heterocycles. The monoisotopic (exact) mass is 564 g/mol. The molecule has 1 aliphatic carbocycles. The van der Waals surface area contributed by atoms with Crippen molar-refractivity contribution in [1.29, 1.82) is 0 Å². The number of aliphatic carboxylic acids is 1. The van der Waals surface area contributed by atoms with Gasteiger partial charge in [0, 0.05) is 18.8 Å². The Bertz CT molecular complexity index is 1390. The molecule has 212 valence electrons. The van der Waals surface area contributed by atoms with Gasteiger partial charge in [0.25, 0.3) is 0 Å². The van der Waals surface area contributed by atoms with Crippen molar-refractivity contribution < 1.29 is 27.5 Å². The summed E-state index contributed by atoms with van der Waals surface area (Å²) in [6.07, 6.45) is 4.72. The van der Waals surface area contributed by atoms with Crippen LogP contribution in [0, 0.1) is 17.7 Å². The summed E-state index contributed by atoms with van der Waals surface area (Å²) < 4.78 is 39.5. The molecule has 0 bridgehead atoms. The SMILES string of the molecule is C[C@@H](CC(=O)C1CCC(CS(=O)(=O)c2ccc(-c3ccc(CCCC(=O)O)cc3)cc2)CC1)c1ccc(F)cc1. The summed E-state index contributed by atoms with van der Waals surface area (Å²) >= 11 is 0. The van der Waals surface area contributed by atoms with Gasteiger partial charge in [-0.05, 0) is 96.9 Å². The highest BCUT2D eigenvalue weighted by atomic mass is 32.2. The predicted molar refractivity (Wildman–Crippen MR) is 154 cm³/mol. The first-order chi connectivity index (χ1) is 19.1. The Morgan fingerprint density at radius 1 is 0.875 bits per heavy atom. The van der Waals surface area contributed by atoms with Gasteiger partial charge in [0.1, 0.15) is 11.6 Å². The number of carboxylic acid groups (broad SMARTS) is 1. The summed E-state index contributed by atoms with van der Waals surface area (Å²) in [5, 5.41) is 8.79. The van der Waals surface area contributed by atoms with Crippen LogP contribution >= 0.6 is 0 Å². The Balaban J connectivity index is 1.27. The lowest BCUT2D eigenvalue weighted by atomic mass is 9.78. The van der Waals surface area contributed by atoms with Crippen molar-refractivity contribution in [2.24, 2.45) is 11.8 Å². The minimum atomic E-state index is -3.44. The van der Waals surface area contributed by atoms with E-state index in [0.29, 0.717) is 37.0 Å². The fourth-order valence-corrected chi connectivity index (χ4v) is 7.29. The largest absolute Gasteiger partial charge is 0.481 e. The highest BCUT2D eigenvalue weighted by molar-refractivity contribution is 7.91. The van der Waals surface area contributed by atoms with E-state index in [1.54, 1.807) is 24.3 Å². The van der Waals surface area contributed by atoms with E-state index in [0.717, 1.165) is 35.1 Å². The van der Waals surface area contributed by atoms with E-state index in [4.69, 9.17) is 5.11 Å². The fraction of sp³-hybridized carbons (Fsp3) is 0.394. The van der Waals surface area contributed by atoms with Crippen LogP contribution in [0.4, 0.5) is 4.39 Å². The number of aryl methyl sites for hydroxylation is 1. The number of hydrogen-bond donors (Lipinski definition) is 1. The van der Waals surface area contributed by atoms with Crippen LogP contribution in [-0.2, 0) is 25.8 Å². The number of benzene rings is 3. The lowest BCUT2D eigenvalue weighted by Crippen LogP contribution is -2.26. The van der Waals surface area contributed by atoms with Crippen LogP contribution in [0.5, 0.6) is 0 Å². The molecule has 0 spiro atoms. The summed E-state index contributed by atoms with van der Waals surface area (Å²) in [4.78, 5) is 23.9. The third kappa shape index (κ3) is 8.10. The maximum atomic E-state index is 13.2. The number of rotatable bonds is 12. The first kappa shape index (κ1) is 29.7. The molecule has 40 heavy (non-hydrogen) atoms. The van der Waals surface area contributed by atoms with Gasteiger partial charge < -0.3 is 5.11 Å². The third-order valence-corrected chi connectivity index (χ3v) is 9.96. The van der Waals surface area contributed by atoms with E-state index >= 15 is 0 Å². The Labute approximate surface area is 236 Å². The highest BCUT2D eigenvalue weighted by Crippen LogP contribution is 2.34. The third-order valence-electron chi connectivity index (χ3n) is 8.06. The summed E-state index contributed by atoms with van der Waals surface area (Å²) in [6.45, 7) is 1.98. The summed E-state index contributed by atoms with van der Waals surface area (Å²) in [5.41, 5.74) is 3.92. The smallest absolute Gasteiger partial charge is 0.303 e. The number of Topliss-reactive ketones (excluding diaryl/α,β-unsaturated/α-hetero) is 1. The molecule has 1 fully saturated rings. The van der Waals surface area contributed by atoms with E-state index in [-0.39, 0.29) is 41.5 Å². The number of halogens is 1. The van der Waals surface area contributed by atoms with Crippen LogP contribution in [0.15, 0.2) is 77.7 Å². The second kappa shape index (κ2) is 13.4. The van der Waals surface area contributed by atoms with Crippen molar-refractivity contribution in [3.05, 3.63) is 89.7 Å². The second-order valence-electron chi connectivity index (χ2n) is 11.1. The zero-order valence-corrected chi connectivity index (χ0v) is 23.7. The maximum Gasteiger partial charge on any atom is 0.303 e. The molecular formula is C33H37FO5S. The minimum Gasteiger partial charge on any atom is -0.481 e. The lowest BCUT2D eigenvalue weighted by Gasteiger charge is -2.28. The van der Waals surface area contributed by atoms with Crippen molar-refractivity contribution in [2.75, 3.05) is 5.75 Å². The molecule has 0 heterocycles. The fourth-order valence-electron chi connectivity index (χ4n) is 5.60. The number of ketones is 1. The molecule has 1 atom stereocenters. The van der Waals surface area contributed by atoms with E-state index in [9.17, 15) is 22.4 Å². The molecule has 7 heteroatoms. The van der Waals surface area contributed by atoms with Gasteiger partial charge in [0.15, 0.2) is 9.84 Å². The van der Waals surface area contributed by atoms with Crippen molar-refractivity contribution in [1.82, 2.24) is 0 Å². The number of carboxylic acids is 1. The van der Waals surface area contributed by atoms with E-state index in [2.05, 4.69) is 0 Å². The van der Waals surface area contributed by atoms with Crippen LogP contribution in [0.3, 0.4) is 0 Å². The van der Waals surface area contributed by atoms with E-state index < -0.39 is 15.8 Å². The zero-order chi connectivity index (χ0) is 28.7. The van der Waals surface area contributed by atoms with Crippen molar-refractivity contribution >= 4 is 21.6 Å². The quantitative estimate of drug-likeness (QED) is 0.250. The molecular weight excluding hydrogens is 527 g/mol. The normalized spacial score (nSPS) is 18.2. The molecule has 1 aliphatic rings. The predicted octanol–water partition coefficient (Wildman–Crippen LogP) is 7.24. The Hall–Kier alpha value is -3.32. The van der Waals surface area contributed by atoms with Gasteiger partial charge in [-0.3, -0.25) is 9.59 Å². The number of carbonyl (C=O) groups excluding carboxylic acids is 1. The van der Waals surface area contributed by atoms with Gasteiger partial charge in [-0.2, -0.15) is 0 Å². The first-order valence-electron chi connectivity index (χ1n) is 14.0. The van der Waals surface area contributed by atoms with E-state index in [1.807, 2.05) is 43.3 Å². The number of sulfone groups is 1. The minimum absolute atomic E-state index is 0.0240. The number of carbonyl (C=O) groups is 2. The summed E-state index contributed by atoms with van der Waals surface area (Å²) in [5.74, 6) is -0.757. The molecule has 1 N–H and O–H groups in total. The van der Waals surface area contributed by atoms with Gasteiger partial charge in [-0.25, -0.2) is 12.8 Å². The van der Waals surface area contributed by atoms with Gasteiger partial charge in [0.05, 0.1) is 10.6 Å². The van der Waals surface area contributed by atoms with Crippen molar-refractivity contribution in [3.63, 3.8) is 0 Å². The molecule has 3 aromatic rings. The van der Waals surface area contributed by atoms with Crippen molar-refractivity contribution in [2.45, 2.75) is 69.1 Å². The first-order valence-corrected chi connectivity index (χ1v) is 15.7. The molecule has 1 saturated carbocycles. The second-order valence-corrected chi connectivity index (χ2v) is 13.1. The van der Waals surface area contributed by atoms with Crippen LogP contribution in [0.25, 0.3) is 11.1 Å². The summed E-state index contributed by atoms with van der Waals surface area (Å²) in [6, 6.07) is 21.2. The topological polar surface area (TPSA) is 88.5 Å². The Kier molecular flexibility index (Phi) is 9.90. The molecule has 5 nitrogen and oxygen atoms in total. The van der Waals surface area contributed by atoms with Crippen molar-refractivity contribution in [3.8, 4) is 11.1 Å².